The lowest BCUT2D eigenvalue weighted by molar-refractivity contribution is -0.113. The van der Waals surface area contributed by atoms with Gasteiger partial charge < -0.3 is 5.32 Å². The van der Waals surface area contributed by atoms with Gasteiger partial charge in [0.1, 0.15) is 0 Å². The van der Waals surface area contributed by atoms with E-state index in [0.717, 1.165) is 31.6 Å². The summed E-state index contributed by atoms with van der Waals surface area (Å²) in [6.45, 7) is 4.37. The largest absolute Gasteiger partial charge is 0.301 e. The number of amides is 1. The summed E-state index contributed by atoms with van der Waals surface area (Å²) in [5.41, 5.74) is 2.77. The van der Waals surface area contributed by atoms with Crippen molar-refractivity contribution in [2.45, 2.75) is 11.7 Å². The van der Waals surface area contributed by atoms with Gasteiger partial charge in [0.05, 0.1) is 11.4 Å². The first kappa shape index (κ1) is 22.9. The van der Waals surface area contributed by atoms with Crippen LogP contribution in [0.3, 0.4) is 0 Å². The van der Waals surface area contributed by atoms with Gasteiger partial charge >= 0.3 is 0 Å². The van der Waals surface area contributed by atoms with Crippen LogP contribution in [0.25, 0.3) is 22.6 Å². The smallest absolute Gasteiger partial charge is 0.236 e. The van der Waals surface area contributed by atoms with Gasteiger partial charge in [-0.05, 0) is 24.3 Å². The van der Waals surface area contributed by atoms with E-state index in [0.29, 0.717) is 16.8 Å². The number of benzene rings is 2. The number of carbonyl (C=O) groups is 1. The van der Waals surface area contributed by atoms with Gasteiger partial charge in [0.15, 0.2) is 16.1 Å². The molecule has 2 aromatic heterocycles. The van der Waals surface area contributed by atoms with Crippen molar-refractivity contribution in [3.63, 3.8) is 0 Å². The Kier molecular flexibility index (Phi) is 7.56. The van der Waals surface area contributed by atoms with E-state index in [2.05, 4.69) is 58.9 Å². The van der Waals surface area contributed by atoms with Crippen molar-refractivity contribution in [1.29, 1.82) is 0 Å². The van der Waals surface area contributed by atoms with E-state index in [-0.39, 0.29) is 11.7 Å². The first-order valence-corrected chi connectivity index (χ1v) is 12.9. The van der Waals surface area contributed by atoms with Crippen LogP contribution in [0.1, 0.15) is 0 Å². The fraction of sp³-hybridized carbons (Fsp3) is 0.0909. The molecule has 10 heteroatoms. The zero-order chi connectivity index (χ0) is 22.5. The summed E-state index contributed by atoms with van der Waals surface area (Å²) in [5.74, 6) is 0.785. The highest BCUT2D eigenvalue weighted by Crippen LogP contribution is 2.28. The van der Waals surface area contributed by atoms with Crippen LogP contribution < -0.4 is 5.32 Å². The number of aromatic nitrogens is 4. The Labute approximate surface area is 210 Å². The lowest BCUT2D eigenvalue weighted by Gasteiger charge is -2.08. The highest BCUT2D eigenvalue weighted by atomic mass is 79.9. The van der Waals surface area contributed by atoms with E-state index in [4.69, 9.17) is 0 Å². The number of hydrogen-bond acceptors (Lipinski definition) is 6. The zero-order valence-corrected chi connectivity index (χ0v) is 21.5. The van der Waals surface area contributed by atoms with Crippen molar-refractivity contribution < 1.29 is 4.79 Å². The molecular formula is C22H17Br2N5OS2. The lowest BCUT2D eigenvalue weighted by Crippen LogP contribution is -2.14. The minimum absolute atomic E-state index is 0.148. The third-order valence-electron chi connectivity index (χ3n) is 4.35. The molecule has 32 heavy (non-hydrogen) atoms. The average molecular weight is 591 g/mol. The van der Waals surface area contributed by atoms with Gasteiger partial charge in [-0.3, -0.25) is 9.36 Å². The van der Waals surface area contributed by atoms with Crippen molar-refractivity contribution in [1.82, 2.24) is 19.7 Å². The molecule has 162 valence electrons. The van der Waals surface area contributed by atoms with Crippen molar-refractivity contribution in [2.24, 2.45) is 0 Å². The Bertz CT molecular complexity index is 1240. The van der Waals surface area contributed by atoms with Gasteiger partial charge in [-0.25, -0.2) is 4.98 Å². The van der Waals surface area contributed by atoms with Crippen LogP contribution in [0.5, 0.6) is 0 Å². The molecular weight excluding hydrogens is 574 g/mol. The maximum absolute atomic E-state index is 12.5. The number of allylic oxidation sites excluding steroid dienone is 1. The Balaban J connectivity index is 1.41. The Hall–Kier alpha value is -2.27. The third kappa shape index (κ3) is 5.55. The van der Waals surface area contributed by atoms with E-state index in [1.165, 1.54) is 23.1 Å². The number of rotatable bonds is 8. The van der Waals surface area contributed by atoms with Crippen molar-refractivity contribution >= 4 is 66.0 Å². The second-order valence-electron chi connectivity index (χ2n) is 6.59. The Morgan fingerprint density at radius 2 is 1.72 bits per heavy atom. The number of carbonyl (C=O) groups excluding carboxylic acids is 1. The monoisotopic (exact) mass is 589 g/mol. The molecule has 2 aromatic carbocycles. The van der Waals surface area contributed by atoms with Crippen LogP contribution in [0.2, 0.25) is 0 Å². The third-order valence-corrected chi connectivity index (χ3v) is 7.14. The number of halogens is 2. The molecule has 6 nitrogen and oxygen atoms in total. The first-order valence-electron chi connectivity index (χ1n) is 9.47. The molecule has 0 fully saturated rings. The van der Waals surface area contributed by atoms with E-state index < -0.39 is 0 Å². The predicted molar refractivity (Wildman–Crippen MR) is 138 cm³/mol. The summed E-state index contributed by atoms with van der Waals surface area (Å²) in [4.78, 5) is 17.0. The Morgan fingerprint density at radius 1 is 1.06 bits per heavy atom. The second-order valence-corrected chi connectivity index (χ2v) is 10.2. The molecule has 0 radical (unpaired) electrons. The highest BCUT2D eigenvalue weighted by Gasteiger charge is 2.16. The number of thiazole rings is 1. The fourth-order valence-corrected chi connectivity index (χ4v) is 4.88. The van der Waals surface area contributed by atoms with Crippen LogP contribution in [0, 0.1) is 0 Å². The summed E-state index contributed by atoms with van der Waals surface area (Å²) in [6, 6.07) is 15.8. The molecule has 1 amide bonds. The minimum Gasteiger partial charge on any atom is -0.301 e. The molecule has 2 heterocycles. The van der Waals surface area contributed by atoms with Gasteiger partial charge in [-0.1, -0.05) is 74.0 Å². The quantitative estimate of drug-likeness (QED) is 0.187. The van der Waals surface area contributed by atoms with Crippen LogP contribution >= 0.6 is 55.0 Å². The average Bonchev–Trinajstić information content (AvgIpc) is 3.41. The molecule has 1 N–H and O–H groups in total. The predicted octanol–water partition coefficient (Wildman–Crippen LogP) is 6.51. The fourth-order valence-electron chi connectivity index (χ4n) is 2.87. The van der Waals surface area contributed by atoms with Gasteiger partial charge in [-0.2, -0.15) is 0 Å². The molecule has 4 aromatic rings. The highest BCUT2D eigenvalue weighted by molar-refractivity contribution is 9.10. The van der Waals surface area contributed by atoms with E-state index in [1.54, 1.807) is 6.08 Å². The summed E-state index contributed by atoms with van der Waals surface area (Å²) < 4.78 is 3.95. The number of thioether (sulfide) groups is 1. The molecule has 0 unspecified atom stereocenters. The van der Waals surface area contributed by atoms with Gasteiger partial charge in [-0.15, -0.1) is 28.1 Å². The van der Waals surface area contributed by atoms with Gasteiger partial charge in [0, 0.05) is 32.0 Å². The van der Waals surface area contributed by atoms with Gasteiger partial charge in [0.2, 0.25) is 5.91 Å². The molecule has 0 bridgehead atoms. The molecule has 0 atom stereocenters. The van der Waals surface area contributed by atoms with E-state index in [9.17, 15) is 4.79 Å². The summed E-state index contributed by atoms with van der Waals surface area (Å²) in [5, 5.41) is 14.6. The van der Waals surface area contributed by atoms with Crippen molar-refractivity contribution in [3.8, 4) is 22.6 Å². The molecule has 0 spiro atoms. The summed E-state index contributed by atoms with van der Waals surface area (Å²) >= 11 is 9.60. The Morgan fingerprint density at radius 3 is 2.38 bits per heavy atom. The standard InChI is InChI=1S/C22H17Br2N5OS2/c1-2-11-29-20(15-5-9-17(24)10-6-15)27-28-22(29)32-13-19(30)26-21-25-18(12-31-21)14-3-7-16(23)8-4-14/h2-10,12H,1,11,13H2,(H,25,26,30). The number of anilines is 1. The SMILES string of the molecule is C=CCn1c(SCC(=O)Nc2nc(-c3ccc(Br)cc3)cs2)nnc1-c1ccc(Br)cc1. The maximum Gasteiger partial charge on any atom is 0.236 e. The summed E-state index contributed by atoms with van der Waals surface area (Å²) in [7, 11) is 0. The number of hydrogen-bond donors (Lipinski definition) is 1. The number of nitrogens with zero attached hydrogens (tertiary/aromatic N) is 4. The molecule has 0 saturated carbocycles. The van der Waals surface area contributed by atoms with Crippen molar-refractivity contribution in [3.05, 3.63) is 75.5 Å². The normalized spacial score (nSPS) is 10.8. The summed E-state index contributed by atoms with van der Waals surface area (Å²) in [6.07, 6.45) is 1.79. The lowest BCUT2D eigenvalue weighted by atomic mass is 10.2. The molecule has 0 aliphatic heterocycles. The van der Waals surface area contributed by atoms with Crippen molar-refractivity contribution in [2.75, 3.05) is 11.1 Å². The first-order chi connectivity index (χ1) is 15.5. The van der Waals surface area contributed by atoms with E-state index >= 15 is 0 Å². The molecule has 4 rings (SSSR count). The molecule has 0 aliphatic carbocycles. The zero-order valence-electron chi connectivity index (χ0n) is 16.7. The maximum atomic E-state index is 12.5. The van der Waals surface area contributed by atoms with E-state index in [1.807, 2.05) is 58.5 Å². The van der Waals surface area contributed by atoms with Crippen LogP contribution in [0.15, 0.2) is 80.7 Å². The van der Waals surface area contributed by atoms with Crippen LogP contribution in [-0.2, 0) is 11.3 Å². The van der Waals surface area contributed by atoms with Crippen LogP contribution in [0.4, 0.5) is 5.13 Å². The topological polar surface area (TPSA) is 72.7 Å². The molecule has 0 aliphatic rings. The van der Waals surface area contributed by atoms with Gasteiger partial charge in [0.25, 0.3) is 0 Å². The second kappa shape index (κ2) is 10.6. The minimum atomic E-state index is -0.148. The molecule has 0 saturated heterocycles. The number of nitrogens with one attached hydrogen (secondary N) is 1. The van der Waals surface area contributed by atoms with Crippen LogP contribution in [-0.4, -0.2) is 31.4 Å².